The second-order valence-electron chi connectivity index (χ2n) is 2.06. The highest BCUT2D eigenvalue weighted by Gasteiger charge is 2.16. The molecule has 1 aromatic rings. The van der Waals surface area contributed by atoms with E-state index in [1.54, 1.807) is 18.4 Å². The number of thiophene rings is 1. The van der Waals surface area contributed by atoms with Gasteiger partial charge in [0.1, 0.15) is 0 Å². The van der Waals surface area contributed by atoms with E-state index in [-0.39, 0.29) is 0 Å². The SMILES string of the molecule is CNC(Sc1cccs1)C(=O)O. The predicted octanol–water partition coefficient (Wildman–Crippen LogP) is 1.47. The van der Waals surface area contributed by atoms with Gasteiger partial charge in [-0.2, -0.15) is 0 Å². The molecule has 0 bridgehead atoms. The van der Waals surface area contributed by atoms with E-state index in [4.69, 9.17) is 5.11 Å². The van der Waals surface area contributed by atoms with Crippen molar-refractivity contribution in [2.24, 2.45) is 0 Å². The Kier molecular flexibility index (Phi) is 3.58. The molecule has 1 unspecified atom stereocenters. The Hall–Kier alpha value is -0.520. The van der Waals surface area contributed by atoms with Gasteiger partial charge in [0.2, 0.25) is 0 Å². The van der Waals surface area contributed by atoms with Crippen LogP contribution in [0.25, 0.3) is 0 Å². The standard InChI is InChI=1S/C7H9NO2S2/c1-8-6(7(9)10)12-5-3-2-4-11-5/h2-4,6,8H,1H3,(H,9,10). The molecule has 12 heavy (non-hydrogen) atoms. The molecule has 5 heteroatoms. The minimum Gasteiger partial charge on any atom is -0.479 e. The minimum absolute atomic E-state index is 0.552. The summed E-state index contributed by atoms with van der Waals surface area (Å²) in [6, 6.07) is 3.81. The quantitative estimate of drug-likeness (QED) is 0.574. The Morgan fingerprint density at radius 2 is 2.58 bits per heavy atom. The Bertz CT molecular complexity index is 248. The Morgan fingerprint density at radius 1 is 1.83 bits per heavy atom. The fourth-order valence-electron chi connectivity index (χ4n) is 0.680. The molecule has 1 heterocycles. The van der Waals surface area contributed by atoms with Gasteiger partial charge in [-0.3, -0.25) is 5.32 Å². The lowest BCUT2D eigenvalue weighted by Gasteiger charge is -2.07. The molecule has 3 nitrogen and oxygen atoms in total. The number of carboxylic acid groups (broad SMARTS) is 1. The Labute approximate surface area is 78.8 Å². The van der Waals surface area contributed by atoms with Crippen LogP contribution in [-0.4, -0.2) is 23.5 Å². The van der Waals surface area contributed by atoms with E-state index in [0.29, 0.717) is 0 Å². The van der Waals surface area contributed by atoms with Gasteiger partial charge in [-0.25, -0.2) is 4.79 Å². The van der Waals surface area contributed by atoms with Crippen LogP contribution in [0.3, 0.4) is 0 Å². The summed E-state index contributed by atoms with van der Waals surface area (Å²) >= 11 is 2.85. The summed E-state index contributed by atoms with van der Waals surface area (Å²) < 4.78 is 1.01. The van der Waals surface area contributed by atoms with Gasteiger partial charge in [-0.15, -0.1) is 11.3 Å². The smallest absolute Gasteiger partial charge is 0.331 e. The maximum atomic E-state index is 10.6. The van der Waals surface area contributed by atoms with Crippen molar-refractivity contribution in [1.29, 1.82) is 0 Å². The molecule has 1 atom stereocenters. The maximum Gasteiger partial charge on any atom is 0.331 e. The van der Waals surface area contributed by atoms with Gasteiger partial charge >= 0.3 is 5.97 Å². The summed E-state index contributed by atoms with van der Waals surface area (Å²) in [6.45, 7) is 0. The molecule has 0 aliphatic heterocycles. The van der Waals surface area contributed by atoms with E-state index in [9.17, 15) is 4.79 Å². The first-order valence-electron chi connectivity index (χ1n) is 3.34. The van der Waals surface area contributed by atoms with Gasteiger partial charge in [0, 0.05) is 0 Å². The summed E-state index contributed by atoms with van der Waals surface area (Å²) in [4.78, 5) is 10.6. The third-order valence-corrected chi connectivity index (χ3v) is 3.50. The summed E-state index contributed by atoms with van der Waals surface area (Å²) in [6.07, 6.45) is 0. The van der Waals surface area contributed by atoms with Crippen LogP contribution < -0.4 is 5.32 Å². The highest BCUT2D eigenvalue weighted by Crippen LogP contribution is 2.26. The van der Waals surface area contributed by atoms with Crippen molar-refractivity contribution >= 4 is 29.1 Å². The molecular weight excluding hydrogens is 194 g/mol. The fraction of sp³-hybridized carbons (Fsp3) is 0.286. The molecule has 0 fully saturated rings. The normalized spacial score (nSPS) is 12.8. The molecule has 0 amide bonds. The third kappa shape index (κ3) is 2.51. The van der Waals surface area contributed by atoms with Gasteiger partial charge in [0.15, 0.2) is 5.37 Å². The van der Waals surface area contributed by atoms with E-state index < -0.39 is 11.3 Å². The lowest BCUT2D eigenvalue weighted by Crippen LogP contribution is -2.30. The van der Waals surface area contributed by atoms with E-state index in [1.165, 1.54) is 11.8 Å². The Balaban J connectivity index is 2.54. The lowest BCUT2D eigenvalue weighted by molar-refractivity contribution is -0.136. The van der Waals surface area contributed by atoms with Gasteiger partial charge in [0.05, 0.1) is 4.21 Å². The summed E-state index contributed by atoms with van der Waals surface area (Å²) in [5.74, 6) is -0.837. The topological polar surface area (TPSA) is 49.3 Å². The van der Waals surface area contributed by atoms with Gasteiger partial charge in [-0.1, -0.05) is 17.8 Å². The van der Waals surface area contributed by atoms with Gasteiger partial charge in [-0.05, 0) is 18.5 Å². The number of likely N-dealkylation sites (N-methyl/N-ethyl adjacent to an activating group) is 1. The third-order valence-electron chi connectivity index (χ3n) is 1.22. The van der Waals surface area contributed by atoms with E-state index >= 15 is 0 Å². The molecule has 0 saturated heterocycles. The highest BCUT2D eigenvalue weighted by atomic mass is 32.2. The van der Waals surface area contributed by atoms with Crippen LogP contribution in [0.4, 0.5) is 0 Å². The molecule has 0 aliphatic carbocycles. The first-order valence-corrected chi connectivity index (χ1v) is 5.10. The molecule has 0 saturated carbocycles. The highest BCUT2D eigenvalue weighted by molar-refractivity contribution is 8.02. The van der Waals surface area contributed by atoms with Crippen LogP contribution in [-0.2, 0) is 4.79 Å². The van der Waals surface area contributed by atoms with Crippen molar-refractivity contribution in [3.05, 3.63) is 17.5 Å². The molecule has 0 aromatic carbocycles. The number of hydrogen-bond acceptors (Lipinski definition) is 4. The molecular formula is C7H9NO2S2. The van der Waals surface area contributed by atoms with Crippen LogP contribution in [0.5, 0.6) is 0 Å². The average Bonchev–Trinajstić information content (AvgIpc) is 2.51. The predicted molar refractivity (Wildman–Crippen MR) is 50.7 cm³/mol. The fourth-order valence-corrected chi connectivity index (χ4v) is 2.41. The summed E-state index contributed by atoms with van der Waals surface area (Å²) in [7, 11) is 1.64. The van der Waals surface area contributed by atoms with Gasteiger partial charge in [0.25, 0.3) is 0 Å². The number of carboxylic acids is 1. The molecule has 66 valence electrons. The second-order valence-corrected chi connectivity index (χ2v) is 4.41. The van der Waals surface area contributed by atoms with Crippen molar-refractivity contribution in [3.63, 3.8) is 0 Å². The molecule has 2 N–H and O–H groups in total. The number of nitrogens with one attached hydrogen (secondary N) is 1. The molecule has 0 spiro atoms. The zero-order valence-electron chi connectivity index (χ0n) is 6.48. The zero-order valence-corrected chi connectivity index (χ0v) is 8.11. The Morgan fingerprint density at radius 3 is 3.00 bits per heavy atom. The van der Waals surface area contributed by atoms with Crippen molar-refractivity contribution in [2.75, 3.05) is 7.05 Å². The number of rotatable bonds is 4. The van der Waals surface area contributed by atoms with Crippen LogP contribution >= 0.6 is 23.1 Å². The summed E-state index contributed by atoms with van der Waals surface area (Å²) in [5.41, 5.74) is 0. The zero-order chi connectivity index (χ0) is 8.97. The largest absolute Gasteiger partial charge is 0.479 e. The average molecular weight is 203 g/mol. The lowest BCUT2D eigenvalue weighted by atomic mass is 10.6. The van der Waals surface area contributed by atoms with E-state index in [0.717, 1.165) is 4.21 Å². The first-order chi connectivity index (χ1) is 5.74. The maximum absolute atomic E-state index is 10.6. The first kappa shape index (κ1) is 9.57. The van der Waals surface area contributed by atoms with Crippen LogP contribution in [0.2, 0.25) is 0 Å². The van der Waals surface area contributed by atoms with E-state index in [2.05, 4.69) is 5.32 Å². The van der Waals surface area contributed by atoms with Crippen molar-refractivity contribution in [3.8, 4) is 0 Å². The van der Waals surface area contributed by atoms with Gasteiger partial charge < -0.3 is 5.11 Å². The number of aliphatic carboxylic acids is 1. The second kappa shape index (κ2) is 4.49. The number of thioether (sulfide) groups is 1. The number of hydrogen-bond donors (Lipinski definition) is 2. The number of carbonyl (C=O) groups is 1. The molecule has 0 aliphatic rings. The molecule has 1 rings (SSSR count). The molecule has 1 aromatic heterocycles. The van der Waals surface area contributed by atoms with Crippen molar-refractivity contribution in [1.82, 2.24) is 5.32 Å². The van der Waals surface area contributed by atoms with Crippen molar-refractivity contribution in [2.45, 2.75) is 9.58 Å². The summed E-state index contributed by atoms with van der Waals surface area (Å²) in [5, 5.41) is 12.8. The minimum atomic E-state index is -0.837. The van der Waals surface area contributed by atoms with Crippen LogP contribution in [0.15, 0.2) is 21.7 Å². The molecule has 0 radical (unpaired) electrons. The van der Waals surface area contributed by atoms with Crippen LogP contribution in [0, 0.1) is 0 Å². The van der Waals surface area contributed by atoms with Crippen molar-refractivity contribution < 1.29 is 9.90 Å². The van der Waals surface area contributed by atoms with Crippen LogP contribution in [0.1, 0.15) is 0 Å². The van der Waals surface area contributed by atoms with E-state index in [1.807, 2.05) is 17.5 Å². The monoisotopic (exact) mass is 203 g/mol.